The third-order valence-electron chi connectivity index (χ3n) is 2.54. The Morgan fingerprint density at radius 2 is 2.00 bits per heavy atom. The lowest BCUT2D eigenvalue weighted by Crippen LogP contribution is -2.25. The minimum absolute atomic E-state index is 0.252. The van der Waals surface area contributed by atoms with Crippen molar-refractivity contribution in [3.8, 4) is 0 Å². The van der Waals surface area contributed by atoms with Crippen LogP contribution >= 0.6 is 0 Å². The first kappa shape index (κ1) is 14.2. The molecule has 0 saturated carbocycles. The van der Waals surface area contributed by atoms with Gasteiger partial charge in [-0.25, -0.2) is 0 Å². The van der Waals surface area contributed by atoms with E-state index in [4.69, 9.17) is 5.11 Å². The van der Waals surface area contributed by atoms with Gasteiger partial charge in [0, 0.05) is 0 Å². The van der Waals surface area contributed by atoms with Crippen molar-refractivity contribution in [3.05, 3.63) is 12.2 Å². The van der Waals surface area contributed by atoms with Crippen LogP contribution in [0.15, 0.2) is 12.2 Å². The van der Waals surface area contributed by atoms with Crippen molar-refractivity contribution >= 4 is 5.97 Å². The summed E-state index contributed by atoms with van der Waals surface area (Å²) in [5.74, 6) is -0.0839. The SMILES string of the molecule is CC[C@H](/C=C/[C@@](C)(O)CC(=O)O)C(C)C. The molecule has 2 N–H and O–H groups in total. The molecule has 0 amide bonds. The lowest BCUT2D eigenvalue weighted by atomic mass is 9.90. The van der Waals surface area contributed by atoms with Gasteiger partial charge < -0.3 is 10.2 Å². The van der Waals surface area contributed by atoms with Gasteiger partial charge in [-0.2, -0.15) is 0 Å². The first-order chi connectivity index (χ1) is 6.78. The average molecular weight is 214 g/mol. The van der Waals surface area contributed by atoms with E-state index in [-0.39, 0.29) is 6.42 Å². The maximum absolute atomic E-state index is 10.5. The molecule has 0 aromatic rings. The highest BCUT2D eigenvalue weighted by Crippen LogP contribution is 2.19. The van der Waals surface area contributed by atoms with Gasteiger partial charge in [0.05, 0.1) is 12.0 Å². The summed E-state index contributed by atoms with van der Waals surface area (Å²) in [6, 6.07) is 0. The van der Waals surface area contributed by atoms with Gasteiger partial charge in [-0.3, -0.25) is 4.79 Å². The smallest absolute Gasteiger partial charge is 0.306 e. The van der Waals surface area contributed by atoms with E-state index < -0.39 is 11.6 Å². The summed E-state index contributed by atoms with van der Waals surface area (Å²) in [4.78, 5) is 10.5. The Bertz CT molecular complexity index is 229. The molecule has 3 heteroatoms. The summed E-state index contributed by atoms with van der Waals surface area (Å²) in [5.41, 5.74) is -1.24. The number of aliphatic carboxylic acids is 1. The first-order valence-electron chi connectivity index (χ1n) is 5.42. The van der Waals surface area contributed by atoms with Gasteiger partial charge in [0.2, 0.25) is 0 Å². The highest BCUT2D eigenvalue weighted by atomic mass is 16.4. The molecule has 3 nitrogen and oxygen atoms in total. The van der Waals surface area contributed by atoms with E-state index in [9.17, 15) is 9.90 Å². The summed E-state index contributed by atoms with van der Waals surface area (Å²) in [6.07, 6.45) is 4.28. The van der Waals surface area contributed by atoms with Gasteiger partial charge in [0.1, 0.15) is 0 Å². The molecule has 0 aromatic carbocycles. The van der Waals surface area contributed by atoms with E-state index in [1.807, 2.05) is 6.08 Å². The second kappa shape index (κ2) is 5.91. The fourth-order valence-corrected chi connectivity index (χ4v) is 1.53. The predicted octanol–water partition coefficient (Wildman–Crippen LogP) is 2.45. The van der Waals surface area contributed by atoms with Crippen molar-refractivity contribution in [2.45, 2.75) is 46.1 Å². The van der Waals surface area contributed by atoms with Gasteiger partial charge >= 0.3 is 5.97 Å². The lowest BCUT2D eigenvalue weighted by Gasteiger charge is -2.19. The number of carboxylic acid groups (broad SMARTS) is 1. The van der Waals surface area contributed by atoms with Gasteiger partial charge in [0.25, 0.3) is 0 Å². The molecule has 0 aliphatic rings. The summed E-state index contributed by atoms with van der Waals surface area (Å²) >= 11 is 0. The maximum atomic E-state index is 10.5. The Kier molecular flexibility index (Phi) is 5.58. The lowest BCUT2D eigenvalue weighted by molar-refractivity contribution is -0.140. The van der Waals surface area contributed by atoms with Crippen LogP contribution in [0.3, 0.4) is 0 Å². The first-order valence-corrected chi connectivity index (χ1v) is 5.42. The molecule has 0 rings (SSSR count). The number of carbonyl (C=O) groups is 1. The second-order valence-corrected chi connectivity index (χ2v) is 4.60. The summed E-state index contributed by atoms with van der Waals surface area (Å²) in [7, 11) is 0. The molecule has 0 saturated heterocycles. The van der Waals surface area contributed by atoms with Crippen LogP contribution in [0, 0.1) is 11.8 Å². The Morgan fingerprint density at radius 1 is 1.47 bits per heavy atom. The number of allylic oxidation sites excluding steroid dienone is 1. The zero-order chi connectivity index (χ0) is 12.1. The van der Waals surface area contributed by atoms with Crippen LogP contribution in [0.1, 0.15) is 40.5 Å². The van der Waals surface area contributed by atoms with Crippen LogP contribution < -0.4 is 0 Å². The molecule has 0 aliphatic carbocycles. The minimum atomic E-state index is -1.24. The maximum Gasteiger partial charge on any atom is 0.306 e. The quantitative estimate of drug-likeness (QED) is 0.668. The molecule has 0 spiro atoms. The van der Waals surface area contributed by atoms with E-state index in [2.05, 4.69) is 20.8 Å². The van der Waals surface area contributed by atoms with Gasteiger partial charge in [-0.05, 0) is 25.2 Å². The Balaban J connectivity index is 4.41. The van der Waals surface area contributed by atoms with Crippen LogP contribution in [0.25, 0.3) is 0 Å². The largest absolute Gasteiger partial charge is 0.481 e. The number of aliphatic hydroxyl groups is 1. The molecule has 0 radical (unpaired) electrons. The fraction of sp³-hybridized carbons (Fsp3) is 0.750. The standard InChI is InChI=1S/C12H22O3/c1-5-10(9(2)3)6-7-12(4,15)8-11(13)14/h6-7,9-10,15H,5,8H2,1-4H3,(H,13,14)/b7-6+/t10-,12-/m1/s1. The zero-order valence-electron chi connectivity index (χ0n) is 10.0. The molecule has 0 fully saturated rings. The molecule has 15 heavy (non-hydrogen) atoms. The van der Waals surface area contributed by atoms with Gasteiger partial charge in [-0.1, -0.05) is 32.9 Å². The van der Waals surface area contributed by atoms with E-state index >= 15 is 0 Å². The van der Waals surface area contributed by atoms with Gasteiger partial charge in [0.15, 0.2) is 0 Å². The van der Waals surface area contributed by atoms with Crippen molar-refractivity contribution in [2.75, 3.05) is 0 Å². The molecular weight excluding hydrogens is 192 g/mol. The predicted molar refractivity (Wildman–Crippen MR) is 60.6 cm³/mol. The number of rotatable bonds is 6. The fourth-order valence-electron chi connectivity index (χ4n) is 1.53. The van der Waals surface area contributed by atoms with Crippen LogP contribution in [-0.2, 0) is 4.79 Å². The zero-order valence-corrected chi connectivity index (χ0v) is 10.0. The molecule has 2 atom stereocenters. The second-order valence-electron chi connectivity index (χ2n) is 4.60. The third kappa shape index (κ3) is 6.28. The Hall–Kier alpha value is -0.830. The molecule has 0 aromatic heterocycles. The Morgan fingerprint density at radius 3 is 2.33 bits per heavy atom. The van der Waals surface area contributed by atoms with E-state index in [0.717, 1.165) is 6.42 Å². The summed E-state index contributed by atoms with van der Waals surface area (Å²) in [6.45, 7) is 7.83. The van der Waals surface area contributed by atoms with Crippen LogP contribution in [0.5, 0.6) is 0 Å². The topological polar surface area (TPSA) is 57.5 Å². The van der Waals surface area contributed by atoms with Crippen molar-refractivity contribution in [2.24, 2.45) is 11.8 Å². The van der Waals surface area contributed by atoms with E-state index in [1.54, 1.807) is 6.08 Å². The van der Waals surface area contributed by atoms with Crippen LogP contribution in [-0.4, -0.2) is 21.8 Å². The average Bonchev–Trinajstić information content (AvgIpc) is 2.01. The van der Waals surface area contributed by atoms with E-state index in [0.29, 0.717) is 11.8 Å². The highest BCUT2D eigenvalue weighted by Gasteiger charge is 2.21. The van der Waals surface area contributed by atoms with E-state index in [1.165, 1.54) is 6.92 Å². The molecule has 0 heterocycles. The van der Waals surface area contributed by atoms with Crippen molar-refractivity contribution in [3.63, 3.8) is 0 Å². The molecular formula is C12H22O3. The Labute approximate surface area is 91.8 Å². The third-order valence-corrected chi connectivity index (χ3v) is 2.54. The normalized spacial score (nSPS) is 18.0. The number of hydrogen-bond acceptors (Lipinski definition) is 2. The molecule has 0 bridgehead atoms. The summed E-state index contributed by atoms with van der Waals surface area (Å²) in [5, 5.41) is 18.3. The minimum Gasteiger partial charge on any atom is -0.481 e. The van der Waals surface area contributed by atoms with Crippen LogP contribution in [0.2, 0.25) is 0 Å². The number of hydrogen-bond donors (Lipinski definition) is 2. The molecule has 0 aliphatic heterocycles. The van der Waals surface area contributed by atoms with Gasteiger partial charge in [-0.15, -0.1) is 0 Å². The van der Waals surface area contributed by atoms with Crippen molar-refractivity contribution in [1.82, 2.24) is 0 Å². The van der Waals surface area contributed by atoms with Crippen molar-refractivity contribution in [1.29, 1.82) is 0 Å². The molecule has 0 unspecified atom stereocenters. The summed E-state index contributed by atoms with van der Waals surface area (Å²) < 4.78 is 0. The van der Waals surface area contributed by atoms with Crippen LogP contribution in [0.4, 0.5) is 0 Å². The number of carboxylic acids is 1. The van der Waals surface area contributed by atoms with Crippen molar-refractivity contribution < 1.29 is 15.0 Å². The highest BCUT2D eigenvalue weighted by molar-refractivity contribution is 5.68. The molecule has 88 valence electrons. The monoisotopic (exact) mass is 214 g/mol.